The molecule has 0 bridgehead atoms. The highest BCUT2D eigenvalue weighted by Crippen LogP contribution is 2.42. The maximum Gasteiger partial charge on any atom is 0.225 e. The van der Waals surface area contributed by atoms with Crippen molar-refractivity contribution in [3.63, 3.8) is 0 Å². The summed E-state index contributed by atoms with van der Waals surface area (Å²) in [6.45, 7) is 4.72. The molecule has 1 unspecified atom stereocenters. The minimum Gasteiger partial charge on any atom is -0.489 e. The quantitative estimate of drug-likeness (QED) is 0.783. The first-order valence-corrected chi connectivity index (χ1v) is 7.54. The molecule has 0 saturated carbocycles. The van der Waals surface area contributed by atoms with Gasteiger partial charge in [0.1, 0.15) is 18.2 Å². The molecule has 1 aromatic carbocycles. The second-order valence-electron chi connectivity index (χ2n) is 4.77. The number of hydrogen-bond acceptors (Lipinski definition) is 3. The van der Waals surface area contributed by atoms with Gasteiger partial charge >= 0.3 is 0 Å². The van der Waals surface area contributed by atoms with Gasteiger partial charge in [-0.2, -0.15) is 0 Å². The van der Waals surface area contributed by atoms with Crippen molar-refractivity contribution in [3.05, 3.63) is 51.5 Å². The molecule has 3 rings (SSSR count). The summed E-state index contributed by atoms with van der Waals surface area (Å²) in [4.78, 5) is 0. The summed E-state index contributed by atoms with van der Waals surface area (Å²) in [6, 6.07) is 3.56. The van der Waals surface area contributed by atoms with Gasteiger partial charge in [-0.05, 0) is 23.7 Å². The molecular formula is C14H12Cl3N3O. The molecule has 7 heteroatoms. The molecule has 0 spiro atoms. The van der Waals surface area contributed by atoms with E-state index < -0.39 is 0 Å². The van der Waals surface area contributed by atoms with Gasteiger partial charge in [0.05, 0.1) is 10.0 Å². The van der Waals surface area contributed by atoms with Crippen LogP contribution in [0.5, 0.6) is 5.75 Å². The standard InChI is InChI=1S/C14H12Cl3N3O/c1-2-5-21-10-4-3-9(15)13(16)12(10)8-6-11-18-19-14(17)20(11)7-8/h2-4,8H,1,5-7H2. The van der Waals surface area contributed by atoms with Crippen LogP contribution in [0.1, 0.15) is 17.3 Å². The Balaban J connectivity index is 1.98. The van der Waals surface area contributed by atoms with Gasteiger partial charge in [-0.1, -0.05) is 35.9 Å². The number of hydrogen-bond donors (Lipinski definition) is 0. The van der Waals surface area contributed by atoms with Crippen LogP contribution in [0.2, 0.25) is 15.3 Å². The lowest BCUT2D eigenvalue weighted by molar-refractivity contribution is 0.355. The average Bonchev–Trinajstić information content (AvgIpc) is 3.03. The predicted molar refractivity (Wildman–Crippen MR) is 83.6 cm³/mol. The van der Waals surface area contributed by atoms with E-state index in [1.54, 1.807) is 12.1 Å². The van der Waals surface area contributed by atoms with Crippen LogP contribution in [0.3, 0.4) is 0 Å². The summed E-state index contributed by atoms with van der Waals surface area (Å²) in [5, 5.41) is 9.32. The topological polar surface area (TPSA) is 39.9 Å². The Bertz CT molecular complexity index is 699. The molecule has 2 aromatic rings. The number of nitrogens with zero attached hydrogens (tertiary/aromatic N) is 3. The Morgan fingerprint density at radius 2 is 2.14 bits per heavy atom. The minimum absolute atomic E-state index is 0.110. The average molecular weight is 345 g/mol. The summed E-state index contributed by atoms with van der Waals surface area (Å²) >= 11 is 18.6. The van der Waals surface area contributed by atoms with Gasteiger partial charge in [-0.3, -0.25) is 0 Å². The van der Waals surface area contributed by atoms with Gasteiger partial charge in [-0.25, -0.2) is 0 Å². The summed E-state index contributed by atoms with van der Waals surface area (Å²) in [5.41, 5.74) is 0.882. The third kappa shape index (κ3) is 2.63. The maximum absolute atomic E-state index is 6.39. The molecule has 1 aromatic heterocycles. The lowest BCUT2D eigenvalue weighted by Crippen LogP contribution is -2.07. The van der Waals surface area contributed by atoms with Gasteiger partial charge in [-0.15, -0.1) is 10.2 Å². The lowest BCUT2D eigenvalue weighted by atomic mass is 9.96. The number of aromatic nitrogens is 3. The van der Waals surface area contributed by atoms with E-state index in [-0.39, 0.29) is 5.92 Å². The maximum atomic E-state index is 6.39. The summed E-state index contributed by atoms with van der Waals surface area (Å²) in [5.74, 6) is 1.67. The van der Waals surface area contributed by atoms with E-state index in [2.05, 4.69) is 16.8 Å². The number of benzene rings is 1. The van der Waals surface area contributed by atoms with Crippen LogP contribution >= 0.6 is 34.8 Å². The normalized spacial score (nSPS) is 16.8. The Morgan fingerprint density at radius 3 is 2.86 bits per heavy atom. The van der Waals surface area contributed by atoms with Gasteiger partial charge in [0.2, 0.25) is 5.28 Å². The monoisotopic (exact) mass is 343 g/mol. The molecule has 0 fully saturated rings. The number of halogens is 3. The largest absolute Gasteiger partial charge is 0.489 e. The van der Waals surface area contributed by atoms with Gasteiger partial charge < -0.3 is 9.30 Å². The molecule has 0 saturated heterocycles. The van der Waals surface area contributed by atoms with Gasteiger partial charge in [0.25, 0.3) is 0 Å². The van der Waals surface area contributed by atoms with Crippen molar-refractivity contribution >= 4 is 34.8 Å². The van der Waals surface area contributed by atoms with Crippen LogP contribution in [0.15, 0.2) is 24.8 Å². The second-order valence-corrected chi connectivity index (χ2v) is 5.89. The zero-order chi connectivity index (χ0) is 15.0. The van der Waals surface area contributed by atoms with Gasteiger partial charge in [0, 0.05) is 24.4 Å². The highest BCUT2D eigenvalue weighted by atomic mass is 35.5. The first kappa shape index (κ1) is 14.7. The molecule has 1 atom stereocenters. The Hall–Kier alpha value is -1.23. The zero-order valence-corrected chi connectivity index (χ0v) is 13.3. The van der Waals surface area contributed by atoms with E-state index in [1.807, 2.05) is 10.6 Å². The van der Waals surface area contributed by atoms with Crippen LogP contribution < -0.4 is 4.74 Å². The van der Waals surface area contributed by atoms with E-state index in [0.717, 1.165) is 11.4 Å². The lowest BCUT2D eigenvalue weighted by Gasteiger charge is -2.18. The summed E-state index contributed by atoms with van der Waals surface area (Å²) in [7, 11) is 0. The molecule has 1 aliphatic rings. The molecule has 0 aliphatic carbocycles. The molecule has 110 valence electrons. The van der Waals surface area contributed by atoms with Crippen molar-refractivity contribution < 1.29 is 4.74 Å². The fourth-order valence-corrected chi connectivity index (χ4v) is 3.23. The van der Waals surface area contributed by atoms with Crippen molar-refractivity contribution in [1.82, 2.24) is 14.8 Å². The van der Waals surface area contributed by atoms with Crippen LogP contribution in [0.25, 0.3) is 0 Å². The van der Waals surface area contributed by atoms with E-state index in [1.165, 1.54) is 0 Å². The first-order chi connectivity index (χ1) is 10.1. The highest BCUT2D eigenvalue weighted by Gasteiger charge is 2.31. The van der Waals surface area contributed by atoms with Crippen molar-refractivity contribution in [1.29, 1.82) is 0 Å². The Labute approximate surface area is 137 Å². The smallest absolute Gasteiger partial charge is 0.225 e. The minimum atomic E-state index is 0.110. The molecular weight excluding hydrogens is 333 g/mol. The SMILES string of the molecule is C=CCOc1ccc(Cl)c(Cl)c1C1Cc2nnc(Cl)n2C1. The molecule has 0 radical (unpaired) electrons. The number of ether oxygens (including phenoxy) is 1. The van der Waals surface area contributed by atoms with Crippen molar-refractivity contribution in [2.24, 2.45) is 0 Å². The fourth-order valence-electron chi connectivity index (χ4n) is 2.55. The van der Waals surface area contributed by atoms with E-state index >= 15 is 0 Å². The summed E-state index contributed by atoms with van der Waals surface area (Å²) < 4.78 is 7.58. The van der Waals surface area contributed by atoms with Crippen molar-refractivity contribution in [3.8, 4) is 5.75 Å². The molecule has 1 aliphatic heterocycles. The second kappa shape index (κ2) is 5.87. The van der Waals surface area contributed by atoms with E-state index in [4.69, 9.17) is 39.5 Å². The van der Waals surface area contributed by atoms with Crippen LogP contribution in [0.4, 0.5) is 0 Å². The van der Waals surface area contributed by atoms with Gasteiger partial charge in [0.15, 0.2) is 0 Å². The summed E-state index contributed by atoms with van der Waals surface area (Å²) in [6.07, 6.45) is 2.39. The van der Waals surface area contributed by atoms with Crippen molar-refractivity contribution in [2.45, 2.75) is 18.9 Å². The van der Waals surface area contributed by atoms with Crippen LogP contribution in [0, 0.1) is 0 Å². The van der Waals surface area contributed by atoms with E-state index in [9.17, 15) is 0 Å². The third-order valence-electron chi connectivity index (χ3n) is 3.47. The van der Waals surface area contributed by atoms with E-state index in [0.29, 0.717) is 40.7 Å². The Morgan fingerprint density at radius 1 is 1.33 bits per heavy atom. The van der Waals surface area contributed by atoms with Crippen LogP contribution in [-0.2, 0) is 13.0 Å². The number of rotatable bonds is 4. The first-order valence-electron chi connectivity index (χ1n) is 6.41. The predicted octanol–water partition coefficient (Wildman–Crippen LogP) is 4.14. The van der Waals surface area contributed by atoms with Crippen molar-refractivity contribution in [2.75, 3.05) is 6.61 Å². The molecule has 0 N–H and O–H groups in total. The molecule has 4 nitrogen and oxygen atoms in total. The molecule has 0 amide bonds. The molecule has 2 heterocycles. The fraction of sp³-hybridized carbons (Fsp3) is 0.286. The highest BCUT2D eigenvalue weighted by molar-refractivity contribution is 6.42. The zero-order valence-electron chi connectivity index (χ0n) is 11.0. The van der Waals surface area contributed by atoms with Crippen LogP contribution in [-0.4, -0.2) is 21.4 Å². The molecule has 21 heavy (non-hydrogen) atoms. The third-order valence-corrected chi connectivity index (χ3v) is 4.57. The Kier molecular flexibility index (Phi) is 4.11. The number of fused-ring (bicyclic) bond motifs is 1.